The molecule has 0 saturated carbocycles. The van der Waals surface area contributed by atoms with Gasteiger partial charge in [0, 0.05) is 32.3 Å². The van der Waals surface area contributed by atoms with Gasteiger partial charge in [0.2, 0.25) is 0 Å². The van der Waals surface area contributed by atoms with Gasteiger partial charge in [-0.3, -0.25) is 0 Å². The van der Waals surface area contributed by atoms with Gasteiger partial charge in [-0.1, -0.05) is 0 Å². The summed E-state index contributed by atoms with van der Waals surface area (Å²) in [6, 6.07) is 0. The summed E-state index contributed by atoms with van der Waals surface area (Å²) < 4.78 is 33.7. The summed E-state index contributed by atoms with van der Waals surface area (Å²) in [6.45, 7) is 5.18. The fourth-order valence-electron chi connectivity index (χ4n) is 3.55. The highest BCUT2D eigenvalue weighted by Gasteiger charge is 2.44. The van der Waals surface area contributed by atoms with E-state index in [2.05, 4.69) is 0 Å². The number of piperidine rings is 1. The molecule has 2 aliphatic heterocycles. The summed E-state index contributed by atoms with van der Waals surface area (Å²) in [6.07, 6.45) is 1.92. The summed E-state index contributed by atoms with van der Waals surface area (Å²) in [5.74, 6) is -1.12. The molecule has 7 nitrogen and oxygen atoms in total. The van der Waals surface area contributed by atoms with E-state index in [1.165, 1.54) is 11.4 Å². The average molecular weight is 334 g/mol. The van der Waals surface area contributed by atoms with Crippen LogP contribution in [0.3, 0.4) is 0 Å². The van der Waals surface area contributed by atoms with Crippen LogP contribution in [-0.4, -0.2) is 66.5 Å². The van der Waals surface area contributed by atoms with E-state index in [0.717, 1.165) is 12.8 Å². The Labute approximate surface area is 132 Å². The van der Waals surface area contributed by atoms with Crippen LogP contribution in [0.2, 0.25) is 0 Å². The van der Waals surface area contributed by atoms with Crippen LogP contribution in [0, 0.1) is 5.92 Å². The number of hydrogen-bond donors (Lipinski definition) is 1. The van der Waals surface area contributed by atoms with Crippen LogP contribution < -0.4 is 0 Å². The number of carboxylic acids is 1. The highest BCUT2D eigenvalue weighted by Crippen LogP contribution is 2.34. The summed E-state index contributed by atoms with van der Waals surface area (Å²) in [4.78, 5) is 11.1. The second kappa shape index (κ2) is 6.43. The van der Waals surface area contributed by atoms with E-state index >= 15 is 0 Å². The molecule has 8 heteroatoms. The average Bonchev–Trinajstić information content (AvgIpc) is 2.80. The van der Waals surface area contributed by atoms with Crippen molar-refractivity contribution < 1.29 is 23.1 Å². The fourth-order valence-corrected chi connectivity index (χ4v) is 5.58. The third-order valence-electron chi connectivity index (χ3n) is 4.85. The molecule has 0 aliphatic carbocycles. The smallest absolute Gasteiger partial charge is 0.333 e. The molecule has 2 saturated heterocycles. The lowest BCUT2D eigenvalue weighted by Gasteiger charge is -2.39. The van der Waals surface area contributed by atoms with E-state index in [1.807, 2.05) is 13.8 Å². The van der Waals surface area contributed by atoms with Gasteiger partial charge in [0.05, 0.1) is 0 Å². The number of hydrogen-bond acceptors (Lipinski definition) is 4. The van der Waals surface area contributed by atoms with Crippen molar-refractivity contribution in [2.75, 3.05) is 26.7 Å². The lowest BCUT2D eigenvalue weighted by molar-refractivity contribution is -0.152. The second-order valence-corrected chi connectivity index (χ2v) is 8.58. The summed E-state index contributed by atoms with van der Waals surface area (Å²) in [5.41, 5.74) is -0.341. The van der Waals surface area contributed by atoms with Crippen molar-refractivity contribution >= 4 is 16.2 Å². The maximum absolute atomic E-state index is 12.8. The predicted octanol–water partition coefficient (Wildman–Crippen LogP) is 0.917. The van der Waals surface area contributed by atoms with E-state index in [0.29, 0.717) is 32.5 Å². The normalized spacial score (nSPS) is 26.1. The van der Waals surface area contributed by atoms with Crippen molar-refractivity contribution in [1.29, 1.82) is 0 Å². The maximum atomic E-state index is 12.8. The molecular weight excluding hydrogens is 308 g/mol. The van der Waals surface area contributed by atoms with Crippen LogP contribution in [0.15, 0.2) is 0 Å². The molecule has 1 N–H and O–H groups in total. The minimum Gasteiger partial charge on any atom is -0.479 e. The van der Waals surface area contributed by atoms with Gasteiger partial charge >= 0.3 is 5.97 Å². The first-order valence-electron chi connectivity index (χ1n) is 7.73. The van der Waals surface area contributed by atoms with Crippen LogP contribution in [-0.2, 0) is 19.7 Å². The Kier molecular flexibility index (Phi) is 5.16. The van der Waals surface area contributed by atoms with Gasteiger partial charge in [-0.25, -0.2) is 4.79 Å². The number of nitrogens with zero attached hydrogens (tertiary/aromatic N) is 2. The van der Waals surface area contributed by atoms with Crippen LogP contribution in [0.4, 0.5) is 0 Å². The molecule has 0 amide bonds. The van der Waals surface area contributed by atoms with Crippen LogP contribution in [0.1, 0.15) is 39.5 Å². The van der Waals surface area contributed by atoms with Gasteiger partial charge in [0.1, 0.15) is 0 Å². The third kappa shape index (κ3) is 3.29. The molecule has 0 bridgehead atoms. The topological polar surface area (TPSA) is 87.1 Å². The standard InChI is InChI=1S/C14H26N2O5S/c1-14(2)7-4-8-16(14)22(19,20)15-9-5-11(6-10-15)12(21-3)13(17)18/h11-12H,4-10H2,1-3H3,(H,17,18). The molecule has 2 aliphatic rings. The molecule has 22 heavy (non-hydrogen) atoms. The SMILES string of the molecule is COC(C(=O)O)C1CCN(S(=O)(=O)N2CCCC2(C)C)CC1. The number of carboxylic acid groups (broad SMARTS) is 1. The summed E-state index contributed by atoms with van der Waals surface area (Å²) in [5, 5.41) is 9.13. The van der Waals surface area contributed by atoms with Crippen molar-refractivity contribution in [2.45, 2.75) is 51.2 Å². The molecule has 0 spiro atoms. The van der Waals surface area contributed by atoms with E-state index in [4.69, 9.17) is 9.84 Å². The molecule has 0 aromatic heterocycles. The molecular formula is C14H26N2O5S. The van der Waals surface area contributed by atoms with Crippen LogP contribution in [0.5, 0.6) is 0 Å². The summed E-state index contributed by atoms with van der Waals surface area (Å²) in [7, 11) is -2.08. The Bertz CT molecular complexity index is 511. The number of ether oxygens (including phenoxy) is 1. The first-order chi connectivity index (χ1) is 10.2. The Balaban J connectivity index is 2.03. The first kappa shape index (κ1) is 17.7. The second-order valence-electron chi connectivity index (χ2n) is 6.73. The molecule has 2 heterocycles. The van der Waals surface area contributed by atoms with Crippen LogP contribution >= 0.6 is 0 Å². The minimum atomic E-state index is -3.47. The van der Waals surface area contributed by atoms with E-state index < -0.39 is 22.3 Å². The fraction of sp³-hybridized carbons (Fsp3) is 0.929. The lowest BCUT2D eigenvalue weighted by atomic mass is 9.92. The van der Waals surface area contributed by atoms with Crippen LogP contribution in [0.25, 0.3) is 0 Å². The highest BCUT2D eigenvalue weighted by molar-refractivity contribution is 7.86. The van der Waals surface area contributed by atoms with Gasteiger partial charge < -0.3 is 9.84 Å². The number of methoxy groups -OCH3 is 1. The van der Waals surface area contributed by atoms with E-state index in [-0.39, 0.29) is 11.5 Å². The number of aliphatic carboxylic acids is 1. The van der Waals surface area contributed by atoms with Crippen molar-refractivity contribution in [3.63, 3.8) is 0 Å². The lowest BCUT2D eigenvalue weighted by Crippen LogP contribution is -2.53. The molecule has 2 rings (SSSR count). The van der Waals surface area contributed by atoms with Crippen molar-refractivity contribution in [3.05, 3.63) is 0 Å². The highest BCUT2D eigenvalue weighted by atomic mass is 32.2. The predicted molar refractivity (Wildman–Crippen MR) is 81.7 cm³/mol. The third-order valence-corrected chi connectivity index (χ3v) is 7.11. The number of carbonyl (C=O) groups is 1. The van der Waals surface area contributed by atoms with Gasteiger partial charge in [-0.2, -0.15) is 17.0 Å². The van der Waals surface area contributed by atoms with Gasteiger partial charge in [0.25, 0.3) is 10.2 Å². The quantitative estimate of drug-likeness (QED) is 0.808. The molecule has 0 aromatic rings. The van der Waals surface area contributed by atoms with Crippen molar-refractivity contribution in [3.8, 4) is 0 Å². The number of rotatable bonds is 5. The van der Waals surface area contributed by atoms with Gasteiger partial charge in [-0.15, -0.1) is 0 Å². The Hall–Kier alpha value is -0.700. The zero-order chi connectivity index (χ0) is 16.5. The Morgan fingerprint density at radius 2 is 1.86 bits per heavy atom. The van der Waals surface area contributed by atoms with E-state index in [1.54, 1.807) is 4.31 Å². The van der Waals surface area contributed by atoms with E-state index in [9.17, 15) is 13.2 Å². The first-order valence-corrected chi connectivity index (χ1v) is 9.13. The summed E-state index contributed by atoms with van der Waals surface area (Å²) >= 11 is 0. The molecule has 2 fully saturated rings. The monoisotopic (exact) mass is 334 g/mol. The molecule has 0 radical (unpaired) electrons. The zero-order valence-electron chi connectivity index (χ0n) is 13.5. The minimum absolute atomic E-state index is 0.138. The van der Waals surface area contributed by atoms with Crippen molar-refractivity contribution in [2.24, 2.45) is 5.92 Å². The molecule has 128 valence electrons. The molecule has 1 atom stereocenters. The van der Waals surface area contributed by atoms with Gasteiger partial charge in [-0.05, 0) is 45.4 Å². The Morgan fingerprint density at radius 3 is 2.27 bits per heavy atom. The Morgan fingerprint density at radius 1 is 1.27 bits per heavy atom. The molecule has 0 aromatic carbocycles. The zero-order valence-corrected chi connectivity index (χ0v) is 14.3. The molecule has 1 unspecified atom stereocenters. The van der Waals surface area contributed by atoms with Crippen molar-refractivity contribution in [1.82, 2.24) is 8.61 Å². The van der Waals surface area contributed by atoms with Gasteiger partial charge in [0.15, 0.2) is 6.10 Å². The largest absolute Gasteiger partial charge is 0.479 e. The maximum Gasteiger partial charge on any atom is 0.333 e.